The van der Waals surface area contributed by atoms with Crippen molar-refractivity contribution in [3.8, 4) is 0 Å². The minimum Gasteiger partial charge on any atom is -0.349 e. The average Bonchev–Trinajstić information content (AvgIpc) is 2.72. The summed E-state index contributed by atoms with van der Waals surface area (Å²) in [5.74, 6) is -0.129. The molecule has 1 N–H and O–H groups in total. The molecule has 1 unspecified atom stereocenters. The number of halogens is 2. The highest BCUT2D eigenvalue weighted by Crippen LogP contribution is 2.27. The van der Waals surface area contributed by atoms with Crippen LogP contribution in [0.1, 0.15) is 36.9 Å². The molecular weight excluding hydrogens is 407 g/mol. The van der Waals surface area contributed by atoms with Gasteiger partial charge in [0.25, 0.3) is 0 Å². The normalized spacial score (nSPS) is 16.0. The minimum atomic E-state index is -0.208. The number of amides is 2. The molecule has 2 aromatic carbocycles. The molecule has 152 valence electrons. The van der Waals surface area contributed by atoms with Gasteiger partial charge >= 0.3 is 0 Å². The zero-order valence-electron chi connectivity index (χ0n) is 16.3. The lowest BCUT2D eigenvalue weighted by Crippen LogP contribution is -2.43. The monoisotopic (exact) mass is 430 g/mol. The Morgan fingerprint density at radius 2 is 1.79 bits per heavy atom. The fourth-order valence-electron chi connectivity index (χ4n) is 3.46. The molecule has 1 fully saturated rings. The Hall–Kier alpha value is -2.30. The van der Waals surface area contributed by atoms with Gasteiger partial charge in [-0.25, -0.2) is 0 Å². The van der Waals surface area contributed by atoms with Crippen LogP contribution in [0.25, 0.3) is 6.08 Å². The molecule has 0 radical (unpaired) electrons. The maximum absolute atomic E-state index is 12.6. The summed E-state index contributed by atoms with van der Waals surface area (Å²) in [7, 11) is 0. The molecule has 6 heteroatoms. The van der Waals surface area contributed by atoms with E-state index in [1.807, 2.05) is 49.4 Å². The van der Waals surface area contributed by atoms with Crippen LogP contribution in [0.5, 0.6) is 0 Å². The van der Waals surface area contributed by atoms with Crippen molar-refractivity contribution in [2.45, 2.75) is 25.8 Å². The van der Waals surface area contributed by atoms with Crippen molar-refractivity contribution >= 4 is 41.1 Å². The third-order valence-electron chi connectivity index (χ3n) is 5.18. The third-order valence-corrected chi connectivity index (χ3v) is 5.75. The first-order chi connectivity index (χ1) is 13.9. The van der Waals surface area contributed by atoms with Gasteiger partial charge in [-0.05, 0) is 49.1 Å². The van der Waals surface area contributed by atoms with Crippen LogP contribution < -0.4 is 5.32 Å². The molecule has 0 aromatic heterocycles. The van der Waals surface area contributed by atoms with Crippen molar-refractivity contribution in [2.75, 3.05) is 13.1 Å². The lowest BCUT2D eigenvalue weighted by atomic mass is 9.95. The van der Waals surface area contributed by atoms with E-state index in [1.54, 1.807) is 23.1 Å². The van der Waals surface area contributed by atoms with E-state index in [9.17, 15) is 9.59 Å². The first-order valence-corrected chi connectivity index (χ1v) is 10.5. The van der Waals surface area contributed by atoms with Crippen LogP contribution in [0.4, 0.5) is 0 Å². The lowest BCUT2D eigenvalue weighted by molar-refractivity contribution is -0.132. The van der Waals surface area contributed by atoms with E-state index in [4.69, 9.17) is 23.2 Å². The molecule has 1 atom stereocenters. The molecule has 3 rings (SSSR count). The van der Waals surface area contributed by atoms with Crippen molar-refractivity contribution < 1.29 is 9.59 Å². The second-order valence-electron chi connectivity index (χ2n) is 7.24. The molecule has 2 aromatic rings. The molecule has 1 saturated heterocycles. The van der Waals surface area contributed by atoms with Gasteiger partial charge in [-0.2, -0.15) is 0 Å². The van der Waals surface area contributed by atoms with E-state index in [1.165, 1.54) is 0 Å². The molecule has 0 bridgehead atoms. The number of hydrogen-bond acceptors (Lipinski definition) is 2. The summed E-state index contributed by atoms with van der Waals surface area (Å²) in [5.41, 5.74) is 1.83. The van der Waals surface area contributed by atoms with E-state index in [2.05, 4.69) is 5.32 Å². The topological polar surface area (TPSA) is 49.4 Å². The molecule has 29 heavy (non-hydrogen) atoms. The lowest BCUT2D eigenvalue weighted by Gasteiger charge is -2.31. The maximum atomic E-state index is 12.6. The number of carbonyl (C=O) groups excluding carboxylic acids is 2. The molecule has 1 heterocycles. The van der Waals surface area contributed by atoms with Gasteiger partial charge in [-0.1, -0.05) is 59.6 Å². The van der Waals surface area contributed by atoms with Crippen LogP contribution in [0.3, 0.4) is 0 Å². The third kappa shape index (κ3) is 5.84. The molecule has 0 aliphatic carbocycles. The SMILES string of the molecule is CC(NC(=O)C1CCN(C(=O)/C=C/c2ccccc2)CC1)c1ccc(Cl)cc1Cl. The highest BCUT2D eigenvalue weighted by atomic mass is 35.5. The number of nitrogens with one attached hydrogen (secondary N) is 1. The zero-order chi connectivity index (χ0) is 20.8. The molecule has 1 aliphatic heterocycles. The van der Waals surface area contributed by atoms with E-state index >= 15 is 0 Å². The predicted octanol–water partition coefficient (Wildman–Crippen LogP) is 5.12. The average molecular weight is 431 g/mol. The maximum Gasteiger partial charge on any atom is 0.246 e. The Morgan fingerprint density at radius 1 is 1.10 bits per heavy atom. The largest absolute Gasteiger partial charge is 0.349 e. The van der Waals surface area contributed by atoms with Crippen molar-refractivity contribution in [3.05, 3.63) is 75.8 Å². The Kier molecular flexibility index (Phi) is 7.34. The van der Waals surface area contributed by atoms with Gasteiger partial charge in [0.1, 0.15) is 0 Å². The number of likely N-dealkylation sites (tertiary alicyclic amines) is 1. The molecule has 4 nitrogen and oxygen atoms in total. The van der Waals surface area contributed by atoms with E-state index in [0.717, 1.165) is 11.1 Å². The van der Waals surface area contributed by atoms with Crippen LogP contribution in [-0.2, 0) is 9.59 Å². The molecule has 2 amide bonds. The van der Waals surface area contributed by atoms with Crippen molar-refractivity contribution in [3.63, 3.8) is 0 Å². The Morgan fingerprint density at radius 3 is 2.45 bits per heavy atom. The van der Waals surface area contributed by atoms with E-state index in [-0.39, 0.29) is 23.8 Å². The first kappa shape index (κ1) is 21.4. The van der Waals surface area contributed by atoms with Gasteiger partial charge < -0.3 is 10.2 Å². The predicted molar refractivity (Wildman–Crippen MR) is 118 cm³/mol. The second kappa shape index (κ2) is 9.95. The summed E-state index contributed by atoms with van der Waals surface area (Å²) in [6.45, 7) is 3.05. The van der Waals surface area contributed by atoms with Crippen LogP contribution >= 0.6 is 23.2 Å². The van der Waals surface area contributed by atoms with Crippen molar-refractivity contribution in [1.29, 1.82) is 0 Å². The fraction of sp³-hybridized carbons (Fsp3) is 0.304. The highest BCUT2D eigenvalue weighted by molar-refractivity contribution is 6.35. The van der Waals surface area contributed by atoms with Gasteiger partial charge in [0.15, 0.2) is 0 Å². The van der Waals surface area contributed by atoms with Crippen LogP contribution in [0.15, 0.2) is 54.6 Å². The summed E-state index contributed by atoms with van der Waals surface area (Å²) >= 11 is 12.2. The second-order valence-corrected chi connectivity index (χ2v) is 8.08. The fourth-order valence-corrected chi connectivity index (χ4v) is 4.03. The number of hydrogen-bond donors (Lipinski definition) is 1. The Labute approximate surface area is 181 Å². The standard InChI is InChI=1S/C23H24Cl2N2O2/c1-16(20-9-8-19(24)15-21(20)25)26-23(29)18-11-13-27(14-12-18)22(28)10-7-17-5-3-2-4-6-17/h2-10,15-16,18H,11-14H2,1H3,(H,26,29)/b10-7+. The number of carbonyl (C=O) groups is 2. The minimum absolute atomic E-state index is 0.00422. The van der Waals surface area contributed by atoms with E-state index < -0.39 is 0 Å². The summed E-state index contributed by atoms with van der Waals surface area (Å²) < 4.78 is 0. The van der Waals surface area contributed by atoms with Crippen LogP contribution in [-0.4, -0.2) is 29.8 Å². The molecule has 0 saturated carbocycles. The number of benzene rings is 2. The number of piperidine rings is 1. The van der Waals surface area contributed by atoms with Crippen molar-refractivity contribution in [2.24, 2.45) is 5.92 Å². The summed E-state index contributed by atoms with van der Waals surface area (Å²) in [4.78, 5) is 26.8. The Balaban J connectivity index is 1.50. The first-order valence-electron chi connectivity index (χ1n) is 9.71. The smallest absolute Gasteiger partial charge is 0.246 e. The van der Waals surface area contributed by atoms with Crippen LogP contribution in [0.2, 0.25) is 10.0 Å². The van der Waals surface area contributed by atoms with Gasteiger partial charge in [-0.15, -0.1) is 0 Å². The summed E-state index contributed by atoms with van der Waals surface area (Å²) in [5, 5.41) is 4.14. The number of rotatable bonds is 5. The van der Waals surface area contributed by atoms with Gasteiger partial charge in [-0.3, -0.25) is 9.59 Å². The molecule has 1 aliphatic rings. The summed E-state index contributed by atoms with van der Waals surface area (Å²) in [6, 6.07) is 14.8. The molecule has 0 spiro atoms. The quantitative estimate of drug-likeness (QED) is 0.668. The number of nitrogens with zero attached hydrogens (tertiary/aromatic N) is 1. The molecular formula is C23H24Cl2N2O2. The zero-order valence-corrected chi connectivity index (χ0v) is 17.8. The van der Waals surface area contributed by atoms with Crippen molar-refractivity contribution in [1.82, 2.24) is 10.2 Å². The Bertz CT molecular complexity index is 891. The highest BCUT2D eigenvalue weighted by Gasteiger charge is 2.27. The summed E-state index contributed by atoms with van der Waals surface area (Å²) in [6.07, 6.45) is 4.72. The van der Waals surface area contributed by atoms with Gasteiger partial charge in [0.2, 0.25) is 11.8 Å². The van der Waals surface area contributed by atoms with Gasteiger partial charge in [0.05, 0.1) is 6.04 Å². The van der Waals surface area contributed by atoms with E-state index in [0.29, 0.717) is 36.0 Å². The van der Waals surface area contributed by atoms with Gasteiger partial charge in [0, 0.05) is 35.1 Å². The van der Waals surface area contributed by atoms with Crippen LogP contribution in [0, 0.1) is 5.92 Å².